The monoisotopic (exact) mass is 700 g/mol. The number of anilines is 1. The minimum Gasteiger partial charge on any atom is -0.478 e. The van der Waals surface area contributed by atoms with Crippen molar-refractivity contribution >= 4 is 33.2 Å². The summed E-state index contributed by atoms with van der Waals surface area (Å²) < 4.78 is 47.3. The summed E-state index contributed by atoms with van der Waals surface area (Å²) in [6.07, 6.45) is 4.36. The van der Waals surface area contributed by atoms with Crippen molar-refractivity contribution < 1.29 is 32.2 Å². The molecule has 1 fully saturated rings. The predicted molar refractivity (Wildman–Crippen MR) is 187 cm³/mol. The Morgan fingerprint density at radius 3 is 2.56 bits per heavy atom. The first-order chi connectivity index (χ1) is 23.9. The zero-order chi connectivity index (χ0) is 35.4. The van der Waals surface area contributed by atoms with Crippen LogP contribution in [-0.2, 0) is 21.3 Å². The number of carbonyl (C=O) groups is 1. The molecule has 4 heterocycles. The molecule has 262 valence electrons. The molecule has 6 rings (SSSR count). The van der Waals surface area contributed by atoms with Gasteiger partial charge in [-0.3, -0.25) is 0 Å². The number of furan rings is 1. The number of benzene rings is 2. The van der Waals surface area contributed by atoms with Crippen molar-refractivity contribution in [2.45, 2.75) is 76.5 Å². The number of carboxylic acid groups (broad SMARTS) is 1. The van der Waals surface area contributed by atoms with Crippen molar-refractivity contribution in [1.82, 2.24) is 25.3 Å². The van der Waals surface area contributed by atoms with E-state index in [-0.39, 0.29) is 47.0 Å². The van der Waals surface area contributed by atoms with E-state index in [1.807, 2.05) is 38.1 Å². The number of fused-ring (bicyclic) bond motifs is 1. The molecule has 5 aromatic rings. The minimum atomic E-state index is -4.25. The van der Waals surface area contributed by atoms with Crippen LogP contribution in [0.2, 0.25) is 0 Å². The molecule has 2 atom stereocenters. The van der Waals surface area contributed by atoms with Crippen molar-refractivity contribution in [3.63, 3.8) is 0 Å². The van der Waals surface area contributed by atoms with E-state index >= 15 is 0 Å². The Morgan fingerprint density at radius 1 is 1.06 bits per heavy atom. The third-order valence-corrected chi connectivity index (χ3v) is 9.83. The number of nitrogens with one attached hydrogen (secondary N) is 2. The second-order valence-electron chi connectivity index (χ2n) is 12.7. The normalized spacial score (nSPS) is 15.4. The number of nitrogens with zero attached hydrogens (tertiary/aromatic N) is 4. The topological polar surface area (TPSA) is 179 Å². The van der Waals surface area contributed by atoms with Gasteiger partial charge < -0.3 is 24.3 Å². The lowest BCUT2D eigenvalue weighted by atomic mass is 10.00. The second-order valence-corrected chi connectivity index (χ2v) is 14.4. The molecule has 3 aromatic heterocycles. The molecular formula is C36H40N6O7S. The molecule has 0 aliphatic carbocycles. The van der Waals surface area contributed by atoms with Gasteiger partial charge in [-0.15, -0.1) is 0 Å². The van der Waals surface area contributed by atoms with Crippen LogP contribution in [0.25, 0.3) is 22.5 Å². The van der Waals surface area contributed by atoms with Crippen molar-refractivity contribution in [2.75, 3.05) is 17.9 Å². The van der Waals surface area contributed by atoms with Crippen molar-refractivity contribution in [3.8, 4) is 17.1 Å². The number of hydrogen-bond acceptors (Lipinski definition) is 11. The maximum absolute atomic E-state index is 13.4. The Balaban J connectivity index is 1.26. The Hall–Kier alpha value is -4.92. The van der Waals surface area contributed by atoms with Crippen molar-refractivity contribution in [2.24, 2.45) is 0 Å². The summed E-state index contributed by atoms with van der Waals surface area (Å²) in [4.78, 5) is 29.5. The van der Waals surface area contributed by atoms with Gasteiger partial charge in [-0.1, -0.05) is 38.1 Å². The molecule has 1 saturated heterocycles. The Labute approximate surface area is 290 Å². The Kier molecular flexibility index (Phi) is 10.4. The van der Waals surface area contributed by atoms with E-state index in [0.717, 1.165) is 47.1 Å². The summed E-state index contributed by atoms with van der Waals surface area (Å²) in [7, 11) is -4.25. The summed E-state index contributed by atoms with van der Waals surface area (Å²) in [5, 5.41) is 12.9. The zero-order valence-corrected chi connectivity index (χ0v) is 29.2. The van der Waals surface area contributed by atoms with Crippen LogP contribution in [-0.4, -0.2) is 64.8 Å². The molecule has 1 aliphatic heterocycles. The molecule has 0 saturated carbocycles. The van der Waals surface area contributed by atoms with Gasteiger partial charge in [0.1, 0.15) is 17.9 Å². The number of hydrogen-bond donors (Lipinski definition) is 3. The molecule has 3 N–H and O–H groups in total. The Bertz CT molecular complexity index is 2090. The molecule has 0 bridgehead atoms. The minimum absolute atomic E-state index is 0.0617. The van der Waals surface area contributed by atoms with Crippen LogP contribution < -0.4 is 14.8 Å². The number of rotatable bonds is 14. The van der Waals surface area contributed by atoms with E-state index in [4.69, 9.17) is 18.9 Å². The van der Waals surface area contributed by atoms with Crippen LogP contribution in [0, 0.1) is 13.8 Å². The van der Waals surface area contributed by atoms with E-state index in [1.54, 1.807) is 12.3 Å². The highest BCUT2D eigenvalue weighted by atomic mass is 32.2. The van der Waals surface area contributed by atoms with Crippen LogP contribution >= 0.6 is 0 Å². The molecule has 0 amide bonds. The molecule has 1 aliphatic rings. The first-order valence-electron chi connectivity index (χ1n) is 16.5. The molecule has 50 heavy (non-hydrogen) atoms. The SMILES string of the molecule is Cc1cccc(C)c1-c1cc(OC[C@@H](CC2CCCO2)NCc2cnc3oc(C(C)C)cc3n2)nc(NS(=O)(=O)c2cccc(C(=O)O)c2)n1. The average molecular weight is 701 g/mol. The summed E-state index contributed by atoms with van der Waals surface area (Å²) in [6, 6.07) is 14.3. The van der Waals surface area contributed by atoms with Crippen LogP contribution in [0.5, 0.6) is 5.88 Å². The first kappa shape index (κ1) is 34.9. The molecule has 14 heteroatoms. The number of aromatic carboxylic acids is 1. The predicted octanol–water partition coefficient (Wildman–Crippen LogP) is 6.03. The summed E-state index contributed by atoms with van der Waals surface area (Å²) >= 11 is 0. The first-order valence-corrected chi connectivity index (χ1v) is 18.0. The number of aryl methyl sites for hydroxylation is 2. The van der Waals surface area contributed by atoms with Crippen LogP contribution in [0.15, 0.2) is 70.1 Å². The van der Waals surface area contributed by atoms with Gasteiger partial charge in [-0.25, -0.2) is 32.9 Å². The van der Waals surface area contributed by atoms with Gasteiger partial charge in [0.25, 0.3) is 10.0 Å². The smallest absolute Gasteiger partial charge is 0.335 e. The van der Waals surface area contributed by atoms with Gasteiger partial charge in [0, 0.05) is 42.8 Å². The van der Waals surface area contributed by atoms with Crippen LogP contribution in [0.4, 0.5) is 5.95 Å². The van der Waals surface area contributed by atoms with Crippen LogP contribution in [0.3, 0.4) is 0 Å². The summed E-state index contributed by atoms with van der Waals surface area (Å²) in [5.74, 6) is -0.248. The molecule has 0 radical (unpaired) electrons. The number of ether oxygens (including phenoxy) is 2. The third kappa shape index (κ3) is 8.26. The van der Waals surface area contributed by atoms with E-state index in [1.165, 1.54) is 18.2 Å². The average Bonchev–Trinajstić information content (AvgIpc) is 3.76. The van der Waals surface area contributed by atoms with Crippen LogP contribution in [0.1, 0.15) is 72.0 Å². The molecule has 0 spiro atoms. The molecule has 1 unspecified atom stereocenters. The molecule has 13 nitrogen and oxygen atoms in total. The van der Waals surface area contributed by atoms with Gasteiger partial charge >= 0.3 is 5.97 Å². The summed E-state index contributed by atoms with van der Waals surface area (Å²) in [6.45, 7) is 9.32. The maximum atomic E-state index is 13.4. The molecule has 2 aromatic carbocycles. The zero-order valence-electron chi connectivity index (χ0n) is 28.3. The number of sulfonamides is 1. The Morgan fingerprint density at radius 2 is 1.84 bits per heavy atom. The summed E-state index contributed by atoms with van der Waals surface area (Å²) in [5.41, 5.74) is 4.94. The van der Waals surface area contributed by atoms with Gasteiger partial charge in [-0.05, 0) is 62.4 Å². The maximum Gasteiger partial charge on any atom is 0.335 e. The lowest BCUT2D eigenvalue weighted by molar-refractivity contribution is 0.0696. The second kappa shape index (κ2) is 14.9. The van der Waals surface area contributed by atoms with Gasteiger partial charge in [0.15, 0.2) is 0 Å². The highest BCUT2D eigenvalue weighted by Crippen LogP contribution is 2.30. The fourth-order valence-electron chi connectivity index (χ4n) is 5.91. The lowest BCUT2D eigenvalue weighted by Gasteiger charge is -2.22. The quantitative estimate of drug-likeness (QED) is 0.123. The third-order valence-electron chi connectivity index (χ3n) is 8.51. The van der Waals surface area contributed by atoms with E-state index < -0.39 is 16.0 Å². The number of carboxylic acids is 1. The number of aromatic nitrogens is 4. The highest BCUT2D eigenvalue weighted by molar-refractivity contribution is 7.92. The largest absolute Gasteiger partial charge is 0.478 e. The van der Waals surface area contributed by atoms with Crippen molar-refractivity contribution in [1.29, 1.82) is 0 Å². The lowest BCUT2D eigenvalue weighted by Crippen LogP contribution is -2.37. The van der Waals surface area contributed by atoms with Gasteiger partial charge in [0.2, 0.25) is 17.5 Å². The standard InChI is InChI=1S/C36H40N6O7S/c1-21(2)31-16-30-34(49-31)38-19-26(39-30)18-37-25(15-27-11-7-13-47-27)20-48-32-17-29(33-22(3)8-5-9-23(33)4)40-36(41-32)42-50(45,46)28-12-6-10-24(14-28)35(43)44/h5-6,8-10,12,14,16-17,19,21,25,27,37H,7,11,13,15,18,20H2,1-4H3,(H,43,44)(H,40,41,42)/t25-,27?/m1/s1. The molecular weight excluding hydrogens is 660 g/mol. The highest BCUT2D eigenvalue weighted by Gasteiger charge is 2.24. The van der Waals surface area contributed by atoms with E-state index in [0.29, 0.717) is 36.5 Å². The van der Waals surface area contributed by atoms with Crippen molar-refractivity contribution in [3.05, 3.63) is 88.9 Å². The fraction of sp³-hybridized carbons (Fsp3) is 0.361. The fourth-order valence-corrected chi connectivity index (χ4v) is 6.90. The van der Waals surface area contributed by atoms with Gasteiger partial charge in [0.05, 0.1) is 34.1 Å². The van der Waals surface area contributed by atoms with E-state index in [9.17, 15) is 18.3 Å². The van der Waals surface area contributed by atoms with E-state index in [2.05, 4.69) is 38.8 Å². The van der Waals surface area contributed by atoms with Gasteiger partial charge in [-0.2, -0.15) is 4.98 Å².